The second-order valence-corrected chi connectivity index (χ2v) is 8.50. The topological polar surface area (TPSA) is 69.7 Å². The van der Waals surface area contributed by atoms with Crippen LogP contribution in [0.4, 0.5) is 5.69 Å². The van der Waals surface area contributed by atoms with E-state index in [4.69, 9.17) is 11.6 Å². The van der Waals surface area contributed by atoms with E-state index in [0.717, 1.165) is 16.8 Å². The van der Waals surface area contributed by atoms with Crippen molar-refractivity contribution in [3.63, 3.8) is 0 Å². The van der Waals surface area contributed by atoms with Crippen LogP contribution in [0, 0.1) is 19.8 Å². The highest BCUT2D eigenvalue weighted by Gasteiger charge is 2.30. The van der Waals surface area contributed by atoms with Crippen molar-refractivity contribution in [2.75, 3.05) is 32.0 Å². The van der Waals surface area contributed by atoms with Crippen molar-refractivity contribution in [1.82, 2.24) is 9.80 Å². The number of nitrogens with zero attached hydrogens (tertiary/aromatic N) is 2. The number of piperidine rings is 1. The van der Waals surface area contributed by atoms with Crippen LogP contribution in [0.5, 0.6) is 0 Å². The first-order valence-corrected chi connectivity index (χ1v) is 10.8. The number of likely N-dealkylation sites (tertiary alicyclic amines) is 1. The number of aryl methyl sites for hydroxylation is 1. The molecule has 7 heteroatoms. The van der Waals surface area contributed by atoms with Gasteiger partial charge in [-0.25, -0.2) is 0 Å². The third kappa shape index (κ3) is 5.64. The Morgan fingerprint density at radius 2 is 1.71 bits per heavy atom. The number of carbonyl (C=O) groups excluding carboxylic acids is 3. The van der Waals surface area contributed by atoms with Crippen LogP contribution in [0.3, 0.4) is 0 Å². The Balaban J connectivity index is 1.50. The van der Waals surface area contributed by atoms with Crippen LogP contribution >= 0.6 is 11.6 Å². The second-order valence-electron chi connectivity index (χ2n) is 8.06. The number of anilines is 1. The van der Waals surface area contributed by atoms with E-state index in [-0.39, 0.29) is 30.2 Å². The maximum atomic E-state index is 12.8. The zero-order valence-corrected chi connectivity index (χ0v) is 18.9. The number of hydrogen-bond donors (Lipinski definition) is 1. The van der Waals surface area contributed by atoms with E-state index in [1.165, 1.54) is 4.90 Å². The van der Waals surface area contributed by atoms with E-state index >= 15 is 0 Å². The number of nitrogens with one attached hydrogen (secondary N) is 1. The SMILES string of the molecule is Cc1cccc(NC(=O)CN(C)C(=O)C2CCN(C(=O)c3ccc(Cl)cc3)CC2)c1C. The summed E-state index contributed by atoms with van der Waals surface area (Å²) in [5, 5.41) is 3.48. The first-order valence-electron chi connectivity index (χ1n) is 10.4. The predicted octanol–water partition coefficient (Wildman–Crippen LogP) is 3.91. The molecular formula is C24H28ClN3O3. The molecule has 0 atom stereocenters. The molecule has 1 fully saturated rings. The van der Waals surface area contributed by atoms with Gasteiger partial charge in [0.15, 0.2) is 0 Å². The Bertz CT molecular complexity index is 967. The molecule has 3 rings (SSSR count). The summed E-state index contributed by atoms with van der Waals surface area (Å²) in [6.45, 7) is 4.97. The first kappa shape index (κ1) is 22.8. The van der Waals surface area contributed by atoms with E-state index in [1.807, 2.05) is 32.0 Å². The Hall–Kier alpha value is -2.86. The lowest BCUT2D eigenvalue weighted by Crippen LogP contribution is -2.45. The molecule has 6 nitrogen and oxygen atoms in total. The van der Waals surface area contributed by atoms with E-state index in [2.05, 4.69) is 5.32 Å². The van der Waals surface area contributed by atoms with E-state index in [1.54, 1.807) is 36.2 Å². The molecule has 0 bridgehead atoms. The molecule has 0 saturated carbocycles. The van der Waals surface area contributed by atoms with Crippen LogP contribution in [0.2, 0.25) is 5.02 Å². The molecule has 1 heterocycles. The Morgan fingerprint density at radius 1 is 1.06 bits per heavy atom. The van der Waals surface area contributed by atoms with Gasteiger partial charge in [0, 0.05) is 42.3 Å². The van der Waals surface area contributed by atoms with Gasteiger partial charge in [0.25, 0.3) is 5.91 Å². The van der Waals surface area contributed by atoms with Gasteiger partial charge >= 0.3 is 0 Å². The molecule has 3 amide bonds. The lowest BCUT2D eigenvalue weighted by molar-refractivity contribution is -0.138. The molecule has 0 radical (unpaired) electrons. The van der Waals surface area contributed by atoms with Crippen LogP contribution in [-0.2, 0) is 9.59 Å². The predicted molar refractivity (Wildman–Crippen MR) is 122 cm³/mol. The standard InChI is InChI=1S/C24H28ClN3O3/c1-16-5-4-6-21(17(16)2)26-22(29)15-27(3)23(30)19-11-13-28(14-12-19)24(31)18-7-9-20(25)10-8-18/h4-10,19H,11-15H2,1-3H3,(H,26,29). The minimum absolute atomic E-state index is 0.00383. The summed E-state index contributed by atoms with van der Waals surface area (Å²) < 4.78 is 0. The molecule has 1 saturated heterocycles. The highest BCUT2D eigenvalue weighted by Crippen LogP contribution is 2.22. The van der Waals surface area contributed by atoms with Crippen molar-refractivity contribution in [2.24, 2.45) is 5.92 Å². The molecule has 2 aromatic carbocycles. The van der Waals surface area contributed by atoms with Crippen LogP contribution in [0.1, 0.15) is 34.3 Å². The van der Waals surface area contributed by atoms with Gasteiger partial charge in [0.05, 0.1) is 6.54 Å². The first-order chi connectivity index (χ1) is 14.8. The van der Waals surface area contributed by atoms with Gasteiger partial charge < -0.3 is 15.1 Å². The summed E-state index contributed by atoms with van der Waals surface area (Å²) >= 11 is 5.89. The molecule has 0 aromatic heterocycles. The number of hydrogen-bond acceptors (Lipinski definition) is 3. The summed E-state index contributed by atoms with van der Waals surface area (Å²) in [5.74, 6) is -0.522. The van der Waals surface area contributed by atoms with E-state index in [0.29, 0.717) is 36.5 Å². The lowest BCUT2D eigenvalue weighted by Gasteiger charge is -2.33. The Labute approximate surface area is 188 Å². The molecule has 2 aromatic rings. The van der Waals surface area contributed by atoms with Crippen LogP contribution in [-0.4, -0.2) is 54.2 Å². The van der Waals surface area contributed by atoms with Gasteiger partial charge in [0.1, 0.15) is 0 Å². The summed E-state index contributed by atoms with van der Waals surface area (Å²) in [6.07, 6.45) is 1.17. The van der Waals surface area contributed by atoms with Crippen molar-refractivity contribution in [2.45, 2.75) is 26.7 Å². The third-order valence-corrected chi connectivity index (χ3v) is 6.11. The number of amides is 3. The van der Waals surface area contributed by atoms with Crippen LogP contribution < -0.4 is 5.32 Å². The molecule has 1 aliphatic rings. The smallest absolute Gasteiger partial charge is 0.253 e. The Kier molecular flexibility index (Phi) is 7.33. The van der Waals surface area contributed by atoms with Gasteiger partial charge in [0.2, 0.25) is 11.8 Å². The van der Waals surface area contributed by atoms with Gasteiger partial charge in [-0.15, -0.1) is 0 Å². The fraction of sp³-hybridized carbons (Fsp3) is 0.375. The van der Waals surface area contributed by atoms with Gasteiger partial charge in [-0.05, 0) is 68.1 Å². The highest BCUT2D eigenvalue weighted by atomic mass is 35.5. The number of likely N-dealkylation sites (N-methyl/N-ethyl adjacent to an activating group) is 1. The van der Waals surface area contributed by atoms with Crippen molar-refractivity contribution in [3.05, 3.63) is 64.2 Å². The number of benzene rings is 2. The van der Waals surface area contributed by atoms with Crippen molar-refractivity contribution in [3.8, 4) is 0 Å². The molecule has 164 valence electrons. The summed E-state index contributed by atoms with van der Waals surface area (Å²) in [5.41, 5.74) is 3.47. The molecule has 0 aliphatic carbocycles. The minimum atomic E-state index is -0.222. The molecular weight excluding hydrogens is 414 g/mol. The maximum Gasteiger partial charge on any atom is 0.253 e. The third-order valence-electron chi connectivity index (χ3n) is 5.86. The van der Waals surface area contributed by atoms with Gasteiger partial charge in [-0.1, -0.05) is 23.7 Å². The normalized spacial score (nSPS) is 14.3. The average molecular weight is 442 g/mol. The monoisotopic (exact) mass is 441 g/mol. The zero-order chi connectivity index (χ0) is 22.5. The molecule has 1 N–H and O–H groups in total. The molecule has 1 aliphatic heterocycles. The van der Waals surface area contributed by atoms with E-state index < -0.39 is 0 Å². The summed E-state index contributed by atoms with van der Waals surface area (Å²) in [7, 11) is 1.65. The fourth-order valence-electron chi connectivity index (χ4n) is 3.79. The van der Waals surface area contributed by atoms with Crippen molar-refractivity contribution < 1.29 is 14.4 Å². The largest absolute Gasteiger partial charge is 0.339 e. The van der Waals surface area contributed by atoms with Gasteiger partial charge in [-0.3, -0.25) is 14.4 Å². The zero-order valence-electron chi connectivity index (χ0n) is 18.2. The fourth-order valence-corrected chi connectivity index (χ4v) is 3.91. The quantitative estimate of drug-likeness (QED) is 0.764. The number of carbonyl (C=O) groups is 3. The minimum Gasteiger partial charge on any atom is -0.339 e. The Morgan fingerprint density at radius 3 is 2.35 bits per heavy atom. The molecule has 0 spiro atoms. The highest BCUT2D eigenvalue weighted by molar-refractivity contribution is 6.30. The average Bonchev–Trinajstić information content (AvgIpc) is 2.76. The number of rotatable bonds is 5. The van der Waals surface area contributed by atoms with Crippen LogP contribution in [0.25, 0.3) is 0 Å². The van der Waals surface area contributed by atoms with Gasteiger partial charge in [-0.2, -0.15) is 0 Å². The summed E-state index contributed by atoms with van der Waals surface area (Å²) in [6, 6.07) is 12.6. The van der Waals surface area contributed by atoms with Crippen LogP contribution in [0.15, 0.2) is 42.5 Å². The van der Waals surface area contributed by atoms with Crippen molar-refractivity contribution >= 4 is 35.0 Å². The lowest BCUT2D eigenvalue weighted by atomic mass is 9.95. The molecule has 0 unspecified atom stereocenters. The summed E-state index contributed by atoms with van der Waals surface area (Å²) in [4.78, 5) is 41.1. The number of halogens is 1. The van der Waals surface area contributed by atoms with Crippen molar-refractivity contribution in [1.29, 1.82) is 0 Å². The molecule has 31 heavy (non-hydrogen) atoms. The maximum absolute atomic E-state index is 12.8. The van der Waals surface area contributed by atoms with E-state index in [9.17, 15) is 14.4 Å². The second kappa shape index (κ2) is 9.96.